The highest BCUT2D eigenvalue weighted by molar-refractivity contribution is 5.86. The van der Waals surface area contributed by atoms with E-state index in [4.69, 9.17) is 4.98 Å². The molecule has 0 aliphatic heterocycles. The molecule has 0 saturated carbocycles. The van der Waals surface area contributed by atoms with Crippen molar-refractivity contribution in [3.05, 3.63) is 72.4 Å². The third-order valence-electron chi connectivity index (χ3n) is 5.53. The number of hydrogen-bond acceptors (Lipinski definition) is 8. The zero-order valence-corrected chi connectivity index (χ0v) is 19.1. The van der Waals surface area contributed by atoms with Crippen LogP contribution in [0.3, 0.4) is 0 Å². The van der Waals surface area contributed by atoms with E-state index in [-0.39, 0.29) is 6.61 Å². The van der Waals surface area contributed by atoms with Crippen LogP contribution in [0.15, 0.2) is 61.3 Å². The van der Waals surface area contributed by atoms with E-state index >= 15 is 0 Å². The molecule has 0 atom stereocenters. The minimum absolute atomic E-state index is 0.0787. The Balaban J connectivity index is 1.52. The summed E-state index contributed by atoms with van der Waals surface area (Å²) in [6.07, 6.45) is 8.92. The number of nitrogens with zero attached hydrogens (tertiary/aromatic N) is 7. The lowest BCUT2D eigenvalue weighted by molar-refractivity contribution is 0.281. The monoisotopic (exact) mass is 452 g/mol. The molecule has 0 unspecified atom stereocenters. The first-order valence-corrected chi connectivity index (χ1v) is 11.0. The molecule has 5 rings (SSSR count). The molecular formula is C25H24N8O. The quantitative estimate of drug-likeness (QED) is 0.393. The first kappa shape index (κ1) is 21.6. The maximum atomic E-state index is 9.49. The van der Waals surface area contributed by atoms with Crippen molar-refractivity contribution in [2.45, 2.75) is 26.4 Å². The van der Waals surface area contributed by atoms with Crippen molar-refractivity contribution in [3.8, 4) is 22.4 Å². The van der Waals surface area contributed by atoms with E-state index < -0.39 is 0 Å². The summed E-state index contributed by atoms with van der Waals surface area (Å²) < 4.78 is 1.76. The molecule has 2 N–H and O–H groups in total. The molecule has 0 saturated heterocycles. The number of nitrogens with one attached hydrogen (secondary N) is 1. The van der Waals surface area contributed by atoms with Crippen LogP contribution >= 0.6 is 0 Å². The van der Waals surface area contributed by atoms with E-state index in [1.165, 1.54) is 0 Å². The Morgan fingerprint density at radius 2 is 1.85 bits per heavy atom. The number of rotatable bonds is 6. The molecule has 0 fully saturated rings. The lowest BCUT2D eigenvalue weighted by atomic mass is 10.0. The maximum absolute atomic E-state index is 9.49. The minimum Gasteiger partial charge on any atom is -0.392 e. The molecule has 0 aliphatic rings. The van der Waals surface area contributed by atoms with Gasteiger partial charge in [0.1, 0.15) is 11.5 Å². The van der Waals surface area contributed by atoms with Crippen LogP contribution < -0.4 is 5.32 Å². The highest BCUT2D eigenvalue weighted by Crippen LogP contribution is 2.32. The molecular weight excluding hydrogens is 428 g/mol. The Hall–Kier alpha value is -4.24. The molecule has 0 aromatic carbocycles. The highest BCUT2D eigenvalue weighted by Gasteiger charge is 2.15. The predicted octanol–water partition coefficient (Wildman–Crippen LogP) is 4.24. The minimum atomic E-state index is -0.0787. The summed E-state index contributed by atoms with van der Waals surface area (Å²) in [5, 5.41) is 25.6. The maximum Gasteiger partial charge on any atom is 0.154 e. The number of fused-ring (bicyclic) bond motifs is 1. The zero-order valence-electron chi connectivity index (χ0n) is 19.1. The van der Waals surface area contributed by atoms with Crippen LogP contribution in [-0.4, -0.2) is 40.0 Å². The summed E-state index contributed by atoms with van der Waals surface area (Å²) in [6.45, 7) is 4.15. The van der Waals surface area contributed by atoms with Gasteiger partial charge in [0.2, 0.25) is 0 Å². The number of aryl methyl sites for hydroxylation is 1. The molecule has 5 aromatic heterocycles. The van der Waals surface area contributed by atoms with E-state index in [0.717, 1.165) is 44.5 Å². The van der Waals surface area contributed by atoms with Gasteiger partial charge < -0.3 is 10.4 Å². The number of aliphatic hydroxyl groups is 1. The summed E-state index contributed by atoms with van der Waals surface area (Å²) in [5.74, 6) is 1.66. The summed E-state index contributed by atoms with van der Waals surface area (Å²) in [5.41, 5.74) is 6.74. The van der Waals surface area contributed by atoms with Crippen molar-refractivity contribution < 1.29 is 5.11 Å². The second kappa shape index (κ2) is 8.95. The Kier molecular flexibility index (Phi) is 5.69. The van der Waals surface area contributed by atoms with Crippen LogP contribution in [0.2, 0.25) is 0 Å². The Bertz CT molecular complexity index is 1480. The van der Waals surface area contributed by atoms with Gasteiger partial charge in [0.25, 0.3) is 0 Å². The molecule has 0 aliphatic carbocycles. The third-order valence-corrected chi connectivity index (χ3v) is 5.53. The summed E-state index contributed by atoms with van der Waals surface area (Å²) >= 11 is 0. The second-order valence-corrected chi connectivity index (χ2v) is 8.42. The first-order chi connectivity index (χ1) is 16.5. The van der Waals surface area contributed by atoms with Crippen molar-refractivity contribution in [2.75, 3.05) is 5.32 Å². The predicted molar refractivity (Wildman–Crippen MR) is 130 cm³/mol. The van der Waals surface area contributed by atoms with Crippen LogP contribution in [0.1, 0.15) is 30.9 Å². The van der Waals surface area contributed by atoms with Gasteiger partial charge in [-0.2, -0.15) is 10.2 Å². The van der Waals surface area contributed by atoms with E-state index in [1.54, 1.807) is 23.3 Å². The van der Waals surface area contributed by atoms with Gasteiger partial charge in [0.15, 0.2) is 5.82 Å². The molecule has 5 heterocycles. The van der Waals surface area contributed by atoms with Gasteiger partial charge >= 0.3 is 0 Å². The third kappa shape index (κ3) is 4.33. The van der Waals surface area contributed by atoms with Gasteiger partial charge in [0.05, 0.1) is 23.8 Å². The average molecular weight is 453 g/mol. The smallest absolute Gasteiger partial charge is 0.154 e. The van der Waals surface area contributed by atoms with Crippen LogP contribution in [0.4, 0.5) is 11.6 Å². The fourth-order valence-corrected chi connectivity index (χ4v) is 3.73. The van der Waals surface area contributed by atoms with Gasteiger partial charge in [-0.3, -0.25) is 14.6 Å². The van der Waals surface area contributed by atoms with E-state index in [0.29, 0.717) is 17.6 Å². The Labute approximate surface area is 196 Å². The fraction of sp³-hybridized carbons (Fsp3) is 0.200. The molecule has 9 nitrogen and oxygen atoms in total. The van der Waals surface area contributed by atoms with Crippen molar-refractivity contribution in [1.82, 2.24) is 34.9 Å². The number of hydrogen-bond donors (Lipinski definition) is 2. The molecule has 0 spiro atoms. The van der Waals surface area contributed by atoms with Crippen LogP contribution in [0, 0.1) is 0 Å². The summed E-state index contributed by atoms with van der Waals surface area (Å²) in [6, 6.07) is 9.66. The summed E-state index contributed by atoms with van der Waals surface area (Å²) in [7, 11) is 1.87. The molecule has 9 heteroatoms. The standard InChI is InChI=1S/C25H24N8O/c1-15(2)17-8-24(31-28-12-17)30-23-5-4-21-22(29-23)7-18(11-27-21)20-13-33(3)32-25(20)19-6-16(14-34)9-26-10-19/h4-13,15,34H,14H2,1-3H3,(H,29,30,31). The normalized spacial score (nSPS) is 11.3. The molecule has 0 radical (unpaired) electrons. The summed E-state index contributed by atoms with van der Waals surface area (Å²) in [4.78, 5) is 13.6. The first-order valence-electron chi connectivity index (χ1n) is 11.0. The number of anilines is 2. The van der Waals surface area contributed by atoms with E-state index in [2.05, 4.69) is 44.4 Å². The molecule has 5 aromatic rings. The number of aliphatic hydroxyl groups excluding tert-OH is 1. The number of pyridine rings is 3. The van der Waals surface area contributed by atoms with Crippen LogP contribution in [0.25, 0.3) is 33.4 Å². The van der Waals surface area contributed by atoms with Gasteiger partial charge in [-0.15, -0.1) is 5.10 Å². The molecule has 34 heavy (non-hydrogen) atoms. The van der Waals surface area contributed by atoms with E-state index in [9.17, 15) is 5.11 Å². The van der Waals surface area contributed by atoms with Gasteiger partial charge in [0, 0.05) is 48.5 Å². The molecule has 170 valence electrons. The molecule has 0 bridgehead atoms. The molecule has 0 amide bonds. The van der Waals surface area contributed by atoms with Crippen LogP contribution in [0.5, 0.6) is 0 Å². The van der Waals surface area contributed by atoms with Crippen molar-refractivity contribution in [1.29, 1.82) is 0 Å². The van der Waals surface area contributed by atoms with Crippen molar-refractivity contribution in [2.24, 2.45) is 7.05 Å². The van der Waals surface area contributed by atoms with Gasteiger partial charge in [-0.1, -0.05) is 13.8 Å². The van der Waals surface area contributed by atoms with Crippen molar-refractivity contribution in [3.63, 3.8) is 0 Å². The van der Waals surface area contributed by atoms with Crippen LogP contribution in [-0.2, 0) is 13.7 Å². The SMILES string of the molecule is CC(C)c1cnnc(Nc2ccc3ncc(-c4cn(C)nc4-c4cncc(CO)c4)cc3n2)c1. The van der Waals surface area contributed by atoms with E-state index in [1.807, 2.05) is 49.8 Å². The Morgan fingerprint density at radius 1 is 0.971 bits per heavy atom. The lowest BCUT2D eigenvalue weighted by Crippen LogP contribution is -2.00. The number of aromatic nitrogens is 7. The lowest BCUT2D eigenvalue weighted by Gasteiger charge is -2.09. The fourth-order valence-electron chi connectivity index (χ4n) is 3.73. The topological polar surface area (TPSA) is 115 Å². The highest BCUT2D eigenvalue weighted by atomic mass is 16.3. The Morgan fingerprint density at radius 3 is 2.68 bits per heavy atom. The average Bonchev–Trinajstić information content (AvgIpc) is 3.25. The largest absolute Gasteiger partial charge is 0.392 e. The zero-order chi connectivity index (χ0) is 23.7. The van der Waals surface area contributed by atoms with Crippen molar-refractivity contribution >= 4 is 22.7 Å². The van der Waals surface area contributed by atoms with Gasteiger partial charge in [-0.05, 0) is 47.4 Å². The second-order valence-electron chi connectivity index (χ2n) is 8.42. The van der Waals surface area contributed by atoms with Gasteiger partial charge in [-0.25, -0.2) is 4.98 Å².